The summed E-state index contributed by atoms with van der Waals surface area (Å²) < 4.78 is 6.70. The van der Waals surface area contributed by atoms with Crippen LogP contribution >= 0.6 is 12.6 Å². The number of nitrogens with one attached hydrogen (secondary N) is 1. The van der Waals surface area contributed by atoms with Crippen molar-refractivity contribution in [1.82, 2.24) is 9.78 Å². The Morgan fingerprint density at radius 3 is 2.71 bits per heavy atom. The average molecular weight is 256 g/mol. The lowest BCUT2D eigenvalue weighted by atomic mass is 9.82. The number of thiol groups is 1. The van der Waals surface area contributed by atoms with Gasteiger partial charge in [0.15, 0.2) is 0 Å². The number of aromatic amines is 1. The van der Waals surface area contributed by atoms with Crippen LogP contribution in [0.4, 0.5) is 0 Å². The number of H-pyrrole nitrogens is 1. The molecule has 2 heterocycles. The Balaban J connectivity index is 2.26. The molecule has 6 heteroatoms. The summed E-state index contributed by atoms with van der Waals surface area (Å²) >= 11 is 4.38. The molecule has 0 radical (unpaired) electrons. The van der Waals surface area contributed by atoms with Crippen molar-refractivity contribution in [2.45, 2.75) is 19.4 Å². The zero-order valence-corrected chi connectivity index (χ0v) is 10.4. The predicted octanol–water partition coefficient (Wildman–Crippen LogP) is 0.263. The van der Waals surface area contributed by atoms with Gasteiger partial charge in [0.25, 0.3) is 11.1 Å². The second kappa shape index (κ2) is 5.10. The number of nitrogens with zero attached hydrogens (tertiary/aromatic N) is 1. The fourth-order valence-corrected chi connectivity index (χ4v) is 2.50. The maximum Gasteiger partial charge on any atom is 0.265 e. The zero-order valence-electron chi connectivity index (χ0n) is 9.52. The minimum Gasteiger partial charge on any atom is -0.381 e. The van der Waals surface area contributed by atoms with Crippen LogP contribution in [0.2, 0.25) is 0 Å². The van der Waals surface area contributed by atoms with Gasteiger partial charge >= 0.3 is 0 Å². The van der Waals surface area contributed by atoms with E-state index in [9.17, 15) is 9.59 Å². The number of ether oxygens (including phenoxy) is 1. The van der Waals surface area contributed by atoms with E-state index in [0.29, 0.717) is 25.5 Å². The maximum atomic E-state index is 11.6. The van der Waals surface area contributed by atoms with Gasteiger partial charge in [-0.05, 0) is 18.6 Å². The first-order valence-electron chi connectivity index (χ1n) is 5.64. The third-order valence-electron chi connectivity index (χ3n) is 3.27. The highest BCUT2D eigenvalue weighted by atomic mass is 32.1. The highest BCUT2D eigenvalue weighted by Gasteiger charge is 2.32. The van der Waals surface area contributed by atoms with Gasteiger partial charge in [-0.15, -0.1) is 0 Å². The fraction of sp³-hybridized carbons (Fsp3) is 0.636. The Labute approximate surface area is 104 Å². The summed E-state index contributed by atoms with van der Waals surface area (Å²) in [6.45, 7) is 1.87. The molecule has 0 unspecified atom stereocenters. The molecule has 0 saturated carbocycles. The third-order valence-corrected chi connectivity index (χ3v) is 3.94. The van der Waals surface area contributed by atoms with Crippen molar-refractivity contribution in [3.63, 3.8) is 0 Å². The highest BCUT2D eigenvalue weighted by Crippen LogP contribution is 2.32. The Kier molecular flexibility index (Phi) is 3.73. The van der Waals surface area contributed by atoms with Gasteiger partial charge in [-0.2, -0.15) is 12.6 Å². The van der Waals surface area contributed by atoms with Crippen molar-refractivity contribution in [3.05, 3.63) is 32.8 Å². The van der Waals surface area contributed by atoms with Crippen LogP contribution in [0.1, 0.15) is 12.8 Å². The van der Waals surface area contributed by atoms with Crippen molar-refractivity contribution in [1.29, 1.82) is 0 Å². The molecule has 1 fully saturated rings. The van der Waals surface area contributed by atoms with Gasteiger partial charge in [0.2, 0.25) is 0 Å². The largest absolute Gasteiger partial charge is 0.381 e. The van der Waals surface area contributed by atoms with Crippen molar-refractivity contribution in [2.75, 3.05) is 19.0 Å². The molecule has 1 saturated heterocycles. The van der Waals surface area contributed by atoms with Gasteiger partial charge in [0.05, 0.1) is 0 Å². The Bertz CT molecular complexity index is 488. The first kappa shape index (κ1) is 12.4. The van der Waals surface area contributed by atoms with Gasteiger partial charge in [0, 0.05) is 37.3 Å². The quantitative estimate of drug-likeness (QED) is 0.763. The van der Waals surface area contributed by atoms with Crippen LogP contribution < -0.4 is 11.1 Å². The molecular formula is C11H16N2O3S. The molecule has 0 aliphatic carbocycles. The van der Waals surface area contributed by atoms with Gasteiger partial charge in [0.1, 0.15) is 0 Å². The topological polar surface area (TPSA) is 64.1 Å². The minimum absolute atomic E-state index is 0.0600. The molecule has 2 rings (SSSR count). The normalized spacial score (nSPS) is 19.1. The number of hydrogen-bond donors (Lipinski definition) is 2. The van der Waals surface area contributed by atoms with Gasteiger partial charge in [-0.3, -0.25) is 14.7 Å². The molecule has 0 bridgehead atoms. The van der Waals surface area contributed by atoms with Gasteiger partial charge in [-0.25, -0.2) is 4.68 Å². The van der Waals surface area contributed by atoms with E-state index in [2.05, 4.69) is 17.7 Å². The smallest absolute Gasteiger partial charge is 0.265 e. The highest BCUT2D eigenvalue weighted by molar-refractivity contribution is 7.80. The fourth-order valence-electron chi connectivity index (χ4n) is 2.09. The maximum absolute atomic E-state index is 11.6. The Morgan fingerprint density at radius 1 is 1.35 bits per heavy atom. The second-order valence-electron chi connectivity index (χ2n) is 4.50. The van der Waals surface area contributed by atoms with Crippen LogP contribution in [0.3, 0.4) is 0 Å². The second-order valence-corrected chi connectivity index (χ2v) is 4.82. The van der Waals surface area contributed by atoms with Crippen molar-refractivity contribution < 1.29 is 4.74 Å². The summed E-state index contributed by atoms with van der Waals surface area (Å²) in [4.78, 5) is 22.9. The number of hydrogen-bond acceptors (Lipinski definition) is 4. The molecule has 0 atom stereocenters. The molecule has 1 aliphatic heterocycles. The molecule has 5 nitrogen and oxygen atoms in total. The van der Waals surface area contributed by atoms with E-state index in [0.717, 1.165) is 12.8 Å². The van der Waals surface area contributed by atoms with E-state index >= 15 is 0 Å². The van der Waals surface area contributed by atoms with Gasteiger partial charge in [-0.1, -0.05) is 0 Å². The van der Waals surface area contributed by atoms with E-state index in [1.54, 1.807) is 0 Å². The lowest BCUT2D eigenvalue weighted by molar-refractivity contribution is 0.0157. The van der Waals surface area contributed by atoms with Crippen LogP contribution in [-0.4, -0.2) is 28.7 Å². The molecule has 1 aromatic rings. The summed E-state index contributed by atoms with van der Waals surface area (Å²) in [5.74, 6) is 0.680. The molecule has 1 aromatic heterocycles. The summed E-state index contributed by atoms with van der Waals surface area (Å²) in [5.41, 5.74) is -0.501. The first-order chi connectivity index (χ1) is 8.15. The van der Waals surface area contributed by atoms with Crippen LogP contribution in [-0.2, 0) is 11.3 Å². The van der Waals surface area contributed by atoms with Crippen molar-refractivity contribution in [3.8, 4) is 0 Å². The monoisotopic (exact) mass is 256 g/mol. The van der Waals surface area contributed by atoms with Crippen LogP contribution in [0, 0.1) is 5.41 Å². The molecule has 0 spiro atoms. The molecule has 17 heavy (non-hydrogen) atoms. The molecule has 1 aliphatic rings. The molecule has 1 N–H and O–H groups in total. The summed E-state index contributed by atoms with van der Waals surface area (Å²) in [7, 11) is 0. The van der Waals surface area contributed by atoms with Crippen LogP contribution in [0.25, 0.3) is 0 Å². The first-order valence-corrected chi connectivity index (χ1v) is 6.27. The number of rotatable bonds is 3. The van der Waals surface area contributed by atoms with Gasteiger partial charge < -0.3 is 4.74 Å². The summed E-state index contributed by atoms with van der Waals surface area (Å²) in [5, 5.41) is 2.56. The Hall–Kier alpha value is -1.01. The van der Waals surface area contributed by atoms with E-state index in [1.807, 2.05) is 0 Å². The molecule has 0 amide bonds. The van der Waals surface area contributed by atoms with E-state index in [4.69, 9.17) is 4.74 Å². The van der Waals surface area contributed by atoms with Crippen molar-refractivity contribution in [2.24, 2.45) is 5.41 Å². The van der Waals surface area contributed by atoms with Crippen LogP contribution in [0.5, 0.6) is 0 Å². The predicted molar refractivity (Wildman–Crippen MR) is 67.7 cm³/mol. The standard InChI is InChI=1S/C11H16N2O3S/c14-9-1-2-10(15)13(12-9)7-11(8-17)3-5-16-6-4-11/h1-2,17H,3-8H2,(H,12,14). The average Bonchev–Trinajstić information content (AvgIpc) is 2.35. The summed E-state index contributed by atoms with van der Waals surface area (Å²) in [6.07, 6.45) is 1.72. The summed E-state index contributed by atoms with van der Waals surface area (Å²) in [6, 6.07) is 2.54. The van der Waals surface area contributed by atoms with E-state index < -0.39 is 0 Å². The lowest BCUT2D eigenvalue weighted by Crippen LogP contribution is -2.40. The molecule has 0 aromatic carbocycles. The molecule has 94 valence electrons. The SMILES string of the molecule is O=c1ccc(=O)n(CC2(CS)CCOCC2)[nH]1. The third kappa shape index (κ3) is 2.81. The number of aromatic nitrogens is 2. The Morgan fingerprint density at radius 2 is 2.06 bits per heavy atom. The van der Waals surface area contributed by atoms with Crippen molar-refractivity contribution >= 4 is 12.6 Å². The lowest BCUT2D eigenvalue weighted by Gasteiger charge is -2.35. The van der Waals surface area contributed by atoms with E-state index in [-0.39, 0.29) is 16.5 Å². The van der Waals surface area contributed by atoms with Crippen LogP contribution in [0.15, 0.2) is 21.7 Å². The minimum atomic E-state index is -0.258. The van der Waals surface area contributed by atoms with E-state index in [1.165, 1.54) is 16.8 Å². The molecular weight excluding hydrogens is 240 g/mol. The zero-order chi connectivity index (χ0) is 12.3.